The zero-order valence-corrected chi connectivity index (χ0v) is 41.6. The Hall–Kier alpha value is -5.14. The normalized spacial score (nSPS) is 14.7. The Bertz CT molecular complexity index is 2890. The molecule has 8 rings (SSSR count). The van der Waals surface area contributed by atoms with Crippen LogP contribution in [-0.4, -0.2) is 75.7 Å². The van der Waals surface area contributed by atoms with Gasteiger partial charge in [-0.1, -0.05) is 115 Å². The molecular weight excluding hydrogens is 1010 g/mol. The molecule has 12 heteroatoms. The third kappa shape index (κ3) is 10.2. The van der Waals surface area contributed by atoms with E-state index in [1.807, 2.05) is 49.4 Å². The standard InChI is InChI=1S/C53H51BBr3N4O4/c1-4-34(46(5-2)62-30-26-54-3)50-38-18-20-40(58-38)51(35-12-6-9-15-47(35)63-31-27-55)42-22-24-44(60-42)53(37-14-8-11-17-49(37)65-33-29-57)45-25-23-43(61-45)52(41-21-19-39(50)59-41)36-13-7-10-16-48(36)64-32-28-56/h4-15,17-25,48,58,61H,16,26-33H2,1-3H3/b34-4+,46-5+,50-38?,50-39?,51-40?,51-42?,52-41?,52-43?,53-44?,53-45?. The molecule has 0 fully saturated rings. The molecule has 2 N–H and O–H groups in total. The number of allylic oxidation sites excluding steroid dienone is 5. The van der Waals surface area contributed by atoms with Crippen molar-refractivity contribution in [2.45, 2.75) is 39.5 Å². The number of benzene rings is 2. The predicted molar refractivity (Wildman–Crippen MR) is 283 cm³/mol. The predicted octanol–water partition coefficient (Wildman–Crippen LogP) is 14.2. The molecule has 1 radical (unpaired) electrons. The van der Waals surface area contributed by atoms with Crippen LogP contribution in [0.2, 0.25) is 13.1 Å². The summed E-state index contributed by atoms with van der Waals surface area (Å²) in [4.78, 5) is 18.9. The first-order chi connectivity index (χ1) is 32.0. The van der Waals surface area contributed by atoms with Crippen LogP contribution in [0.1, 0.15) is 54.2 Å². The Labute approximate surface area is 407 Å². The average Bonchev–Trinajstić information content (AvgIpc) is 4.19. The first kappa shape index (κ1) is 46.4. The van der Waals surface area contributed by atoms with Crippen LogP contribution in [0.15, 0.2) is 109 Å². The van der Waals surface area contributed by atoms with Crippen molar-refractivity contribution in [1.29, 1.82) is 0 Å². The Balaban J connectivity index is 1.54. The molecule has 3 aliphatic rings. The number of hydrogen-bond donors (Lipinski definition) is 2. The third-order valence-electron chi connectivity index (χ3n) is 11.3. The lowest BCUT2D eigenvalue weighted by atomic mass is 9.79. The molecule has 65 heavy (non-hydrogen) atoms. The number of fused-ring (bicyclic) bond motifs is 8. The second-order valence-corrected chi connectivity index (χ2v) is 17.7. The lowest BCUT2D eigenvalue weighted by Gasteiger charge is -2.22. The zero-order valence-electron chi connectivity index (χ0n) is 36.8. The van der Waals surface area contributed by atoms with Crippen LogP contribution in [0.5, 0.6) is 11.5 Å². The van der Waals surface area contributed by atoms with Gasteiger partial charge in [0, 0.05) is 77.0 Å². The SMILES string of the molecule is C[B]CCOC(=C/C)/C(=C\C)c1c2nc(c(C3=CC=CCC3OCCBr)c3ccc([nH]3)c(-c3ccccc3OCCBr)c3nc(c(-c4ccccc4OCCBr)c4ccc1[nH]4)C=C3)C=C2. The monoisotopic (exact) mass is 1060 g/mol. The molecule has 5 heterocycles. The first-order valence-corrected chi connectivity index (χ1v) is 25.4. The summed E-state index contributed by atoms with van der Waals surface area (Å²) in [6, 6.07) is 24.9. The number of aromatic nitrogens is 4. The van der Waals surface area contributed by atoms with Crippen LogP contribution in [0.4, 0.5) is 0 Å². The van der Waals surface area contributed by atoms with Crippen molar-refractivity contribution in [1.82, 2.24) is 19.9 Å². The van der Waals surface area contributed by atoms with Gasteiger partial charge in [-0.3, -0.25) is 0 Å². The van der Waals surface area contributed by atoms with Gasteiger partial charge in [-0.25, -0.2) is 9.97 Å². The highest BCUT2D eigenvalue weighted by atomic mass is 79.9. The summed E-state index contributed by atoms with van der Waals surface area (Å²) < 4.78 is 25.8. The molecule has 1 atom stereocenters. The molecule has 331 valence electrons. The molecule has 0 saturated carbocycles. The Morgan fingerprint density at radius 3 is 1.78 bits per heavy atom. The van der Waals surface area contributed by atoms with Crippen molar-refractivity contribution >= 4 is 113 Å². The first-order valence-electron chi connectivity index (χ1n) is 22.0. The number of halogens is 3. The van der Waals surface area contributed by atoms with Crippen LogP contribution in [-0.2, 0) is 9.47 Å². The zero-order chi connectivity index (χ0) is 45.1. The van der Waals surface area contributed by atoms with E-state index in [1.165, 1.54) is 0 Å². The fourth-order valence-electron chi connectivity index (χ4n) is 8.46. The quantitative estimate of drug-likeness (QED) is 0.0292. The van der Waals surface area contributed by atoms with Gasteiger partial charge in [0.05, 0.1) is 55.3 Å². The summed E-state index contributed by atoms with van der Waals surface area (Å²) in [5.74, 6) is 2.30. The van der Waals surface area contributed by atoms with Crippen LogP contribution < -0.4 is 9.47 Å². The maximum atomic E-state index is 6.54. The van der Waals surface area contributed by atoms with Gasteiger partial charge >= 0.3 is 0 Å². The molecule has 0 amide bonds. The molecular formula is C53H51BBr3N4O4. The third-order valence-corrected chi connectivity index (χ3v) is 12.3. The van der Waals surface area contributed by atoms with Crippen LogP contribution >= 0.6 is 47.8 Å². The van der Waals surface area contributed by atoms with E-state index >= 15 is 0 Å². The maximum Gasteiger partial charge on any atom is 0.127 e. The molecule has 2 aliphatic heterocycles. The minimum absolute atomic E-state index is 0.180. The lowest BCUT2D eigenvalue weighted by Crippen LogP contribution is -2.18. The van der Waals surface area contributed by atoms with Crippen molar-refractivity contribution in [2.75, 3.05) is 42.4 Å². The molecule has 5 aromatic rings. The molecule has 3 aromatic heterocycles. The smallest absolute Gasteiger partial charge is 0.127 e. The van der Waals surface area contributed by atoms with Gasteiger partial charge in [-0.15, -0.1) is 0 Å². The van der Waals surface area contributed by atoms with E-state index in [4.69, 9.17) is 28.9 Å². The maximum absolute atomic E-state index is 6.54. The molecule has 8 bridgehead atoms. The van der Waals surface area contributed by atoms with Gasteiger partial charge in [0.1, 0.15) is 24.5 Å². The molecule has 1 unspecified atom stereocenters. The summed E-state index contributed by atoms with van der Waals surface area (Å²) in [6.07, 6.45) is 20.4. The summed E-state index contributed by atoms with van der Waals surface area (Å²) in [7, 11) is 2.12. The molecule has 8 nitrogen and oxygen atoms in total. The summed E-state index contributed by atoms with van der Waals surface area (Å²) >= 11 is 10.7. The topological polar surface area (TPSA) is 94.3 Å². The van der Waals surface area contributed by atoms with Gasteiger partial charge in [-0.05, 0) is 98.9 Å². The number of alkyl halides is 3. The van der Waals surface area contributed by atoms with Gasteiger partial charge in [0.2, 0.25) is 0 Å². The number of aromatic amines is 2. The van der Waals surface area contributed by atoms with E-state index < -0.39 is 0 Å². The Morgan fingerprint density at radius 1 is 0.662 bits per heavy atom. The van der Waals surface area contributed by atoms with E-state index in [1.54, 1.807) is 0 Å². The van der Waals surface area contributed by atoms with Crippen molar-refractivity contribution in [3.05, 3.63) is 143 Å². The fraction of sp³-hybridized carbons (Fsp3) is 0.245. The van der Waals surface area contributed by atoms with Crippen LogP contribution in [0, 0.1) is 0 Å². The average molecular weight is 1060 g/mol. The van der Waals surface area contributed by atoms with Crippen LogP contribution in [0.3, 0.4) is 0 Å². The molecule has 2 aromatic carbocycles. The highest BCUT2D eigenvalue weighted by Gasteiger charge is 2.26. The van der Waals surface area contributed by atoms with Gasteiger partial charge in [0.15, 0.2) is 0 Å². The van der Waals surface area contributed by atoms with E-state index in [2.05, 4.69) is 164 Å². The molecule has 0 spiro atoms. The summed E-state index contributed by atoms with van der Waals surface area (Å²) in [6.45, 7) is 8.26. The van der Waals surface area contributed by atoms with Crippen molar-refractivity contribution < 1.29 is 18.9 Å². The van der Waals surface area contributed by atoms with Crippen molar-refractivity contribution in [2.24, 2.45) is 0 Å². The Kier molecular flexibility index (Phi) is 16.0. The lowest BCUT2D eigenvalue weighted by molar-refractivity contribution is 0.107. The Morgan fingerprint density at radius 2 is 1.20 bits per heavy atom. The van der Waals surface area contributed by atoms with E-state index in [-0.39, 0.29) is 6.10 Å². The number of nitrogens with one attached hydrogen (secondary N) is 2. The minimum atomic E-state index is -0.180. The summed E-state index contributed by atoms with van der Waals surface area (Å²) in [5, 5.41) is 2.12. The van der Waals surface area contributed by atoms with E-state index in [9.17, 15) is 0 Å². The number of para-hydroxylation sites is 2. The van der Waals surface area contributed by atoms with E-state index in [0.717, 1.165) is 125 Å². The van der Waals surface area contributed by atoms with Gasteiger partial charge < -0.3 is 28.9 Å². The summed E-state index contributed by atoms with van der Waals surface area (Å²) in [5.41, 5.74) is 14.2. The largest absolute Gasteiger partial charge is 0.494 e. The highest BCUT2D eigenvalue weighted by molar-refractivity contribution is 9.09. The highest BCUT2D eigenvalue weighted by Crippen LogP contribution is 2.42. The second kappa shape index (κ2) is 22.4. The van der Waals surface area contributed by atoms with E-state index in [0.29, 0.717) is 37.1 Å². The van der Waals surface area contributed by atoms with Crippen molar-refractivity contribution in [3.63, 3.8) is 0 Å². The molecule has 1 aliphatic carbocycles. The minimum Gasteiger partial charge on any atom is -0.494 e. The number of nitrogens with zero attached hydrogens (tertiary/aromatic N) is 2. The second-order valence-electron chi connectivity index (χ2n) is 15.3. The number of rotatable bonds is 18. The number of ether oxygens (including phenoxy) is 4. The van der Waals surface area contributed by atoms with Crippen molar-refractivity contribution in [3.8, 4) is 33.8 Å². The van der Waals surface area contributed by atoms with Crippen LogP contribution in [0.25, 0.3) is 79.8 Å². The fourth-order valence-corrected chi connectivity index (χ4v) is 8.98. The van der Waals surface area contributed by atoms with Gasteiger partial charge in [-0.2, -0.15) is 0 Å². The number of hydrogen-bond acceptors (Lipinski definition) is 6. The molecule has 0 saturated heterocycles. The van der Waals surface area contributed by atoms with Gasteiger partial charge in [0.25, 0.3) is 0 Å². The number of H-pyrrole nitrogens is 2.